The van der Waals surface area contributed by atoms with Gasteiger partial charge in [0.25, 0.3) is 5.91 Å². The van der Waals surface area contributed by atoms with E-state index in [0.29, 0.717) is 0 Å². The van der Waals surface area contributed by atoms with E-state index in [0.717, 1.165) is 49.4 Å². The van der Waals surface area contributed by atoms with Crippen LogP contribution < -0.4 is 0 Å². The van der Waals surface area contributed by atoms with E-state index in [1.165, 1.54) is 4.88 Å². The fourth-order valence-corrected chi connectivity index (χ4v) is 3.76. The topological polar surface area (TPSA) is 23.6 Å². The van der Waals surface area contributed by atoms with Crippen LogP contribution in [0.15, 0.2) is 35.7 Å². The van der Waals surface area contributed by atoms with E-state index >= 15 is 0 Å². The predicted octanol–water partition coefficient (Wildman–Crippen LogP) is 3.32. The molecule has 116 valence electrons. The van der Waals surface area contributed by atoms with Crippen molar-refractivity contribution >= 4 is 17.2 Å². The first-order valence-electron chi connectivity index (χ1n) is 7.74. The molecule has 1 aromatic heterocycles. The van der Waals surface area contributed by atoms with Gasteiger partial charge in [-0.1, -0.05) is 23.3 Å². The SMILES string of the molecule is Cc1cc(C)cc(C(=O)N2CCN(Cc3cccs3)CC2)c1. The molecule has 0 unspecified atom stereocenters. The summed E-state index contributed by atoms with van der Waals surface area (Å²) in [5, 5.41) is 2.12. The van der Waals surface area contributed by atoms with Crippen LogP contribution in [0.3, 0.4) is 0 Å². The lowest BCUT2D eigenvalue weighted by Crippen LogP contribution is -2.48. The molecule has 1 amide bonds. The monoisotopic (exact) mass is 314 g/mol. The highest BCUT2D eigenvalue weighted by Gasteiger charge is 2.22. The number of benzene rings is 1. The van der Waals surface area contributed by atoms with Gasteiger partial charge in [-0.3, -0.25) is 9.69 Å². The first kappa shape index (κ1) is 15.3. The third-order valence-corrected chi connectivity index (χ3v) is 4.95. The number of amides is 1. The summed E-state index contributed by atoms with van der Waals surface area (Å²) in [6, 6.07) is 10.4. The molecule has 3 rings (SSSR count). The minimum Gasteiger partial charge on any atom is -0.336 e. The minimum atomic E-state index is 0.169. The summed E-state index contributed by atoms with van der Waals surface area (Å²) >= 11 is 1.80. The maximum absolute atomic E-state index is 12.6. The summed E-state index contributed by atoms with van der Waals surface area (Å²) in [6.45, 7) is 8.63. The number of piperazine rings is 1. The largest absolute Gasteiger partial charge is 0.336 e. The van der Waals surface area contributed by atoms with Gasteiger partial charge in [0.1, 0.15) is 0 Å². The number of aryl methyl sites for hydroxylation is 2. The van der Waals surface area contributed by atoms with Crippen LogP contribution >= 0.6 is 11.3 Å². The molecule has 2 aromatic rings. The molecule has 0 saturated carbocycles. The van der Waals surface area contributed by atoms with Crippen LogP contribution in [0.5, 0.6) is 0 Å². The molecule has 1 saturated heterocycles. The van der Waals surface area contributed by atoms with Gasteiger partial charge in [0.2, 0.25) is 0 Å². The van der Waals surface area contributed by atoms with Gasteiger partial charge < -0.3 is 4.90 Å². The van der Waals surface area contributed by atoms with Gasteiger partial charge in [0.15, 0.2) is 0 Å². The molecule has 1 aliphatic rings. The van der Waals surface area contributed by atoms with Crippen LogP contribution in [0.25, 0.3) is 0 Å². The number of carbonyl (C=O) groups excluding carboxylic acids is 1. The highest BCUT2D eigenvalue weighted by Crippen LogP contribution is 2.16. The highest BCUT2D eigenvalue weighted by molar-refractivity contribution is 7.09. The maximum atomic E-state index is 12.6. The van der Waals surface area contributed by atoms with E-state index in [4.69, 9.17) is 0 Å². The molecule has 3 nitrogen and oxygen atoms in total. The van der Waals surface area contributed by atoms with Crippen molar-refractivity contribution in [3.8, 4) is 0 Å². The van der Waals surface area contributed by atoms with Gasteiger partial charge >= 0.3 is 0 Å². The fourth-order valence-electron chi connectivity index (χ4n) is 3.01. The first-order chi connectivity index (χ1) is 10.6. The lowest BCUT2D eigenvalue weighted by Gasteiger charge is -2.34. The van der Waals surface area contributed by atoms with Gasteiger partial charge in [-0.05, 0) is 37.4 Å². The molecular weight excluding hydrogens is 292 g/mol. The van der Waals surface area contributed by atoms with E-state index in [2.05, 4.69) is 28.5 Å². The lowest BCUT2D eigenvalue weighted by atomic mass is 10.1. The molecule has 0 bridgehead atoms. The second-order valence-corrected chi connectivity index (χ2v) is 7.06. The average molecular weight is 314 g/mol. The van der Waals surface area contributed by atoms with Crippen LogP contribution in [0, 0.1) is 13.8 Å². The number of nitrogens with zero attached hydrogens (tertiary/aromatic N) is 2. The summed E-state index contributed by atoms with van der Waals surface area (Å²) in [7, 11) is 0. The van der Waals surface area contributed by atoms with Crippen LogP contribution in [0.2, 0.25) is 0 Å². The van der Waals surface area contributed by atoms with E-state index in [-0.39, 0.29) is 5.91 Å². The van der Waals surface area contributed by atoms with Crippen molar-refractivity contribution in [2.45, 2.75) is 20.4 Å². The maximum Gasteiger partial charge on any atom is 0.253 e. The molecule has 0 spiro atoms. The van der Waals surface area contributed by atoms with Crippen molar-refractivity contribution in [3.05, 3.63) is 57.3 Å². The van der Waals surface area contributed by atoms with Crippen molar-refractivity contribution in [2.75, 3.05) is 26.2 Å². The molecule has 1 aliphatic heterocycles. The Balaban J connectivity index is 1.59. The van der Waals surface area contributed by atoms with E-state index in [9.17, 15) is 4.79 Å². The fraction of sp³-hybridized carbons (Fsp3) is 0.389. The number of hydrogen-bond acceptors (Lipinski definition) is 3. The van der Waals surface area contributed by atoms with E-state index in [1.807, 2.05) is 30.9 Å². The molecule has 0 N–H and O–H groups in total. The molecule has 1 aromatic carbocycles. The van der Waals surface area contributed by atoms with Crippen molar-refractivity contribution in [1.82, 2.24) is 9.80 Å². The molecule has 22 heavy (non-hydrogen) atoms. The smallest absolute Gasteiger partial charge is 0.253 e. The second kappa shape index (κ2) is 6.63. The van der Waals surface area contributed by atoms with Crippen molar-refractivity contribution in [1.29, 1.82) is 0 Å². The van der Waals surface area contributed by atoms with Crippen LogP contribution in [0.1, 0.15) is 26.4 Å². The third-order valence-electron chi connectivity index (χ3n) is 4.09. The molecule has 0 radical (unpaired) electrons. The van der Waals surface area contributed by atoms with E-state index in [1.54, 1.807) is 11.3 Å². The van der Waals surface area contributed by atoms with Crippen molar-refractivity contribution in [3.63, 3.8) is 0 Å². The van der Waals surface area contributed by atoms with Crippen LogP contribution in [0.4, 0.5) is 0 Å². The Morgan fingerprint density at radius 3 is 2.36 bits per heavy atom. The normalized spacial score (nSPS) is 16.0. The number of hydrogen-bond donors (Lipinski definition) is 0. The Morgan fingerprint density at radius 1 is 1.09 bits per heavy atom. The molecular formula is C18H22N2OS. The summed E-state index contributed by atoms with van der Waals surface area (Å²) < 4.78 is 0. The third kappa shape index (κ3) is 3.57. The Bertz CT molecular complexity index is 623. The van der Waals surface area contributed by atoms with Gasteiger partial charge in [0, 0.05) is 43.2 Å². The summed E-state index contributed by atoms with van der Waals surface area (Å²) in [6.07, 6.45) is 0. The molecule has 0 atom stereocenters. The van der Waals surface area contributed by atoms with Gasteiger partial charge in [0.05, 0.1) is 0 Å². The molecule has 4 heteroatoms. The number of rotatable bonds is 3. The average Bonchev–Trinajstić information content (AvgIpc) is 2.99. The first-order valence-corrected chi connectivity index (χ1v) is 8.62. The molecule has 2 heterocycles. The standard InChI is InChI=1S/C18H22N2OS/c1-14-10-15(2)12-16(11-14)18(21)20-7-5-19(6-8-20)13-17-4-3-9-22-17/h3-4,9-12H,5-8,13H2,1-2H3. The van der Waals surface area contributed by atoms with Crippen LogP contribution in [-0.2, 0) is 6.54 Å². The second-order valence-electron chi connectivity index (χ2n) is 6.02. The molecule has 1 fully saturated rings. The quantitative estimate of drug-likeness (QED) is 0.867. The summed E-state index contributed by atoms with van der Waals surface area (Å²) in [4.78, 5) is 18.4. The summed E-state index contributed by atoms with van der Waals surface area (Å²) in [5.74, 6) is 0.169. The highest BCUT2D eigenvalue weighted by atomic mass is 32.1. The minimum absolute atomic E-state index is 0.169. The van der Waals surface area contributed by atoms with Crippen molar-refractivity contribution < 1.29 is 4.79 Å². The Hall–Kier alpha value is -1.65. The Morgan fingerprint density at radius 2 is 1.77 bits per heavy atom. The van der Waals surface area contributed by atoms with Gasteiger partial charge in [-0.25, -0.2) is 0 Å². The van der Waals surface area contributed by atoms with Crippen molar-refractivity contribution in [2.24, 2.45) is 0 Å². The Labute approximate surface area is 136 Å². The summed E-state index contributed by atoms with van der Waals surface area (Å²) in [5.41, 5.74) is 3.13. The molecule has 0 aliphatic carbocycles. The zero-order valence-electron chi connectivity index (χ0n) is 13.2. The predicted molar refractivity (Wildman–Crippen MR) is 91.4 cm³/mol. The number of carbonyl (C=O) groups is 1. The zero-order valence-corrected chi connectivity index (χ0v) is 14.0. The van der Waals surface area contributed by atoms with E-state index < -0.39 is 0 Å². The Kier molecular flexibility index (Phi) is 4.60. The number of thiophene rings is 1. The van der Waals surface area contributed by atoms with Gasteiger partial charge in [-0.2, -0.15) is 0 Å². The van der Waals surface area contributed by atoms with Gasteiger partial charge in [-0.15, -0.1) is 11.3 Å². The van der Waals surface area contributed by atoms with Crippen LogP contribution in [-0.4, -0.2) is 41.9 Å². The zero-order chi connectivity index (χ0) is 15.5. The lowest BCUT2D eigenvalue weighted by molar-refractivity contribution is 0.0629.